The van der Waals surface area contributed by atoms with E-state index in [2.05, 4.69) is 26.2 Å². The number of para-hydroxylation sites is 1. The van der Waals surface area contributed by atoms with Gasteiger partial charge < -0.3 is 11.1 Å². The van der Waals surface area contributed by atoms with Gasteiger partial charge in [-0.3, -0.25) is 0 Å². The highest BCUT2D eigenvalue weighted by molar-refractivity contribution is 14.0. The summed E-state index contributed by atoms with van der Waals surface area (Å²) in [4.78, 5) is 4.29. The van der Waals surface area contributed by atoms with E-state index in [4.69, 9.17) is 5.73 Å². The van der Waals surface area contributed by atoms with E-state index in [1.165, 1.54) is 0 Å². The first kappa shape index (κ1) is 16.0. The molecule has 0 amide bonds. The first-order valence-electron chi connectivity index (χ1n) is 5.60. The van der Waals surface area contributed by atoms with Gasteiger partial charge in [-0.15, -0.1) is 24.0 Å². The zero-order valence-electron chi connectivity index (χ0n) is 10.2. The molecule has 0 aliphatic rings. The summed E-state index contributed by atoms with van der Waals surface area (Å²) in [5.74, 6) is 0.418. The first-order chi connectivity index (χ1) is 8.74. The van der Waals surface area contributed by atoms with Crippen LogP contribution in [0.1, 0.15) is 5.56 Å². The molecule has 0 aliphatic carbocycles. The van der Waals surface area contributed by atoms with E-state index in [9.17, 15) is 0 Å². The molecule has 0 radical (unpaired) electrons. The molecule has 19 heavy (non-hydrogen) atoms. The summed E-state index contributed by atoms with van der Waals surface area (Å²) >= 11 is 3.43. The SMILES string of the molecule is I.NC(=NCc1cccc(Br)c1)Nc1ccccc1. The molecule has 5 heteroatoms. The van der Waals surface area contributed by atoms with Gasteiger partial charge in [-0.05, 0) is 29.8 Å². The van der Waals surface area contributed by atoms with E-state index in [0.717, 1.165) is 15.7 Å². The maximum absolute atomic E-state index is 5.82. The van der Waals surface area contributed by atoms with Crippen molar-refractivity contribution in [3.63, 3.8) is 0 Å². The number of halogens is 2. The molecule has 0 aromatic heterocycles. The van der Waals surface area contributed by atoms with Crippen LogP contribution in [0.25, 0.3) is 0 Å². The number of benzene rings is 2. The third-order valence-corrected chi connectivity index (χ3v) is 2.86. The molecule has 0 fully saturated rings. The Balaban J connectivity index is 0.00000180. The highest BCUT2D eigenvalue weighted by atomic mass is 127. The Morgan fingerprint density at radius 1 is 1.11 bits per heavy atom. The molecule has 0 saturated heterocycles. The van der Waals surface area contributed by atoms with E-state index in [1.54, 1.807) is 0 Å². The summed E-state index contributed by atoms with van der Waals surface area (Å²) < 4.78 is 1.05. The average Bonchev–Trinajstić information content (AvgIpc) is 2.38. The summed E-state index contributed by atoms with van der Waals surface area (Å²) in [5.41, 5.74) is 7.87. The van der Waals surface area contributed by atoms with Crippen molar-refractivity contribution in [3.8, 4) is 0 Å². The lowest BCUT2D eigenvalue weighted by Crippen LogP contribution is -2.22. The predicted octanol–water partition coefficient (Wildman–Crippen LogP) is 3.99. The summed E-state index contributed by atoms with van der Waals surface area (Å²) in [6.45, 7) is 0.561. The highest BCUT2D eigenvalue weighted by Crippen LogP contribution is 2.12. The van der Waals surface area contributed by atoms with Crippen LogP contribution < -0.4 is 11.1 Å². The molecule has 3 nitrogen and oxygen atoms in total. The smallest absolute Gasteiger partial charge is 0.193 e. The van der Waals surface area contributed by atoms with Crippen molar-refractivity contribution in [1.82, 2.24) is 0 Å². The first-order valence-corrected chi connectivity index (χ1v) is 6.40. The zero-order valence-corrected chi connectivity index (χ0v) is 14.1. The molecule has 2 aromatic carbocycles. The second-order valence-electron chi connectivity index (χ2n) is 3.82. The van der Waals surface area contributed by atoms with Crippen LogP contribution >= 0.6 is 39.9 Å². The van der Waals surface area contributed by atoms with Crippen LogP contribution in [0.15, 0.2) is 64.1 Å². The molecule has 100 valence electrons. The standard InChI is InChI=1S/C14H14BrN3.HI/c15-12-6-4-5-11(9-12)10-17-14(16)18-13-7-2-1-3-8-13;/h1-9H,10H2,(H3,16,17,18);1H. The van der Waals surface area contributed by atoms with Crippen LogP contribution in [0.5, 0.6) is 0 Å². The van der Waals surface area contributed by atoms with Gasteiger partial charge in [0.15, 0.2) is 5.96 Å². The molecule has 2 aromatic rings. The molecular formula is C14H15BrIN3. The van der Waals surface area contributed by atoms with E-state index < -0.39 is 0 Å². The lowest BCUT2D eigenvalue weighted by molar-refractivity contribution is 1.06. The molecule has 3 N–H and O–H groups in total. The number of nitrogens with one attached hydrogen (secondary N) is 1. The number of anilines is 1. The van der Waals surface area contributed by atoms with Crippen LogP contribution in [-0.2, 0) is 6.54 Å². The van der Waals surface area contributed by atoms with Crippen molar-refractivity contribution < 1.29 is 0 Å². The normalized spacial score (nSPS) is 10.7. The van der Waals surface area contributed by atoms with Crippen molar-refractivity contribution in [2.45, 2.75) is 6.54 Å². The number of rotatable bonds is 3. The van der Waals surface area contributed by atoms with Gasteiger partial charge in [0.1, 0.15) is 0 Å². The van der Waals surface area contributed by atoms with Crippen LogP contribution in [0.3, 0.4) is 0 Å². The van der Waals surface area contributed by atoms with Gasteiger partial charge in [0, 0.05) is 10.2 Å². The second-order valence-corrected chi connectivity index (χ2v) is 4.74. The Kier molecular flexibility index (Phi) is 6.86. The van der Waals surface area contributed by atoms with Gasteiger partial charge in [0.05, 0.1) is 6.54 Å². The van der Waals surface area contributed by atoms with Gasteiger partial charge in [0.2, 0.25) is 0 Å². The van der Waals surface area contributed by atoms with Crippen LogP contribution in [0.2, 0.25) is 0 Å². The van der Waals surface area contributed by atoms with E-state index >= 15 is 0 Å². The van der Waals surface area contributed by atoms with Crippen LogP contribution in [-0.4, -0.2) is 5.96 Å². The summed E-state index contributed by atoms with van der Waals surface area (Å²) in [5, 5.41) is 3.04. The van der Waals surface area contributed by atoms with Crippen LogP contribution in [0, 0.1) is 0 Å². The van der Waals surface area contributed by atoms with Crippen molar-refractivity contribution >= 4 is 51.6 Å². The molecule has 0 spiro atoms. The van der Waals surface area contributed by atoms with Gasteiger partial charge in [-0.1, -0.05) is 46.3 Å². The molecular weight excluding hydrogens is 417 g/mol. The Bertz CT molecular complexity index is 543. The topological polar surface area (TPSA) is 50.4 Å². The summed E-state index contributed by atoms with van der Waals surface area (Å²) in [6.07, 6.45) is 0. The predicted molar refractivity (Wildman–Crippen MR) is 94.9 cm³/mol. The second kappa shape index (κ2) is 8.16. The third-order valence-electron chi connectivity index (χ3n) is 2.37. The van der Waals surface area contributed by atoms with Gasteiger partial charge >= 0.3 is 0 Å². The Hall–Kier alpha value is -1.08. The third kappa shape index (κ3) is 5.61. The minimum absolute atomic E-state index is 0. The number of nitrogens with zero attached hydrogens (tertiary/aromatic N) is 1. The van der Waals surface area contributed by atoms with Crippen molar-refractivity contribution in [3.05, 3.63) is 64.6 Å². The Morgan fingerprint density at radius 2 is 1.84 bits per heavy atom. The number of hydrogen-bond acceptors (Lipinski definition) is 1. The largest absolute Gasteiger partial charge is 0.370 e. The number of hydrogen-bond donors (Lipinski definition) is 2. The number of nitrogens with two attached hydrogens (primary N) is 1. The van der Waals surface area contributed by atoms with Gasteiger partial charge in [-0.25, -0.2) is 4.99 Å². The molecule has 0 aliphatic heterocycles. The number of aliphatic imine (C=N–C) groups is 1. The van der Waals surface area contributed by atoms with Crippen molar-refractivity contribution in [1.29, 1.82) is 0 Å². The lowest BCUT2D eigenvalue weighted by atomic mass is 10.2. The van der Waals surface area contributed by atoms with Gasteiger partial charge in [0.25, 0.3) is 0 Å². The Morgan fingerprint density at radius 3 is 2.53 bits per heavy atom. The van der Waals surface area contributed by atoms with E-state index in [-0.39, 0.29) is 24.0 Å². The number of guanidine groups is 1. The van der Waals surface area contributed by atoms with Crippen molar-refractivity contribution in [2.75, 3.05) is 5.32 Å². The molecule has 0 heterocycles. The van der Waals surface area contributed by atoms with Gasteiger partial charge in [-0.2, -0.15) is 0 Å². The molecule has 0 unspecified atom stereocenters. The fraction of sp³-hybridized carbons (Fsp3) is 0.0714. The fourth-order valence-corrected chi connectivity index (χ4v) is 1.97. The van der Waals surface area contributed by atoms with E-state index in [1.807, 2.05) is 54.6 Å². The summed E-state index contributed by atoms with van der Waals surface area (Å²) in [7, 11) is 0. The minimum Gasteiger partial charge on any atom is -0.370 e. The highest BCUT2D eigenvalue weighted by Gasteiger charge is 1.95. The quantitative estimate of drug-likeness (QED) is 0.438. The summed E-state index contributed by atoms with van der Waals surface area (Å²) in [6, 6.07) is 17.8. The maximum Gasteiger partial charge on any atom is 0.193 e. The average molecular weight is 432 g/mol. The monoisotopic (exact) mass is 431 g/mol. The van der Waals surface area contributed by atoms with Crippen molar-refractivity contribution in [2.24, 2.45) is 10.7 Å². The maximum atomic E-state index is 5.82. The minimum atomic E-state index is 0. The molecule has 0 bridgehead atoms. The Labute approximate surface area is 138 Å². The molecule has 0 saturated carbocycles. The fourth-order valence-electron chi connectivity index (χ4n) is 1.52. The van der Waals surface area contributed by atoms with E-state index in [0.29, 0.717) is 12.5 Å². The van der Waals surface area contributed by atoms with Crippen LogP contribution in [0.4, 0.5) is 5.69 Å². The lowest BCUT2D eigenvalue weighted by Gasteiger charge is -2.05. The zero-order chi connectivity index (χ0) is 12.8. The molecule has 0 atom stereocenters. The molecule has 2 rings (SSSR count).